The molecule has 1 fully saturated rings. The van der Waals surface area contributed by atoms with E-state index >= 15 is 0 Å². The lowest BCUT2D eigenvalue weighted by molar-refractivity contribution is 0.101. The van der Waals surface area contributed by atoms with Gasteiger partial charge in [0.05, 0.1) is 11.0 Å². The second-order valence-electron chi connectivity index (χ2n) is 9.05. The number of benzene rings is 1. The van der Waals surface area contributed by atoms with Crippen molar-refractivity contribution >= 4 is 20.7 Å². The SMILES string of the molecule is CCCCc1cc(OC2CCN(CCCCS(=O)(=O)C(C)C)CC2)c2ncccc2c1. The highest BCUT2D eigenvalue weighted by atomic mass is 32.2. The number of piperidine rings is 1. The highest BCUT2D eigenvalue weighted by molar-refractivity contribution is 7.91. The number of unbranched alkanes of at least 4 members (excludes halogenated alkanes) is 2. The fourth-order valence-electron chi connectivity index (χ4n) is 4.14. The van der Waals surface area contributed by atoms with E-state index in [1.165, 1.54) is 18.4 Å². The number of pyridine rings is 1. The largest absolute Gasteiger partial charge is 0.488 e. The zero-order chi connectivity index (χ0) is 22.3. The Morgan fingerprint density at radius 2 is 1.94 bits per heavy atom. The summed E-state index contributed by atoms with van der Waals surface area (Å²) < 4.78 is 30.3. The van der Waals surface area contributed by atoms with Crippen LogP contribution >= 0.6 is 0 Å². The lowest BCUT2D eigenvalue weighted by atomic mass is 10.0. The Bertz CT molecular complexity index is 935. The molecular formula is C25H38N2O3S. The summed E-state index contributed by atoms with van der Waals surface area (Å²) in [5, 5.41) is 0.881. The van der Waals surface area contributed by atoms with E-state index in [1.807, 2.05) is 12.3 Å². The number of aryl methyl sites for hydroxylation is 1. The first-order valence-corrected chi connectivity index (χ1v) is 13.6. The average Bonchev–Trinajstić information content (AvgIpc) is 2.76. The molecule has 0 N–H and O–H groups in total. The van der Waals surface area contributed by atoms with Crippen molar-refractivity contribution in [2.45, 2.75) is 77.1 Å². The summed E-state index contributed by atoms with van der Waals surface area (Å²) in [6.45, 7) is 8.72. The lowest BCUT2D eigenvalue weighted by Crippen LogP contribution is -2.38. The third kappa shape index (κ3) is 6.91. The van der Waals surface area contributed by atoms with E-state index in [4.69, 9.17) is 4.74 Å². The van der Waals surface area contributed by atoms with Crippen molar-refractivity contribution in [2.75, 3.05) is 25.4 Å². The summed E-state index contributed by atoms with van der Waals surface area (Å²) in [6.07, 6.45) is 9.17. The van der Waals surface area contributed by atoms with Crippen LogP contribution in [0.5, 0.6) is 5.75 Å². The standard InChI is InChI=1S/C25H38N2O3S/c1-4-5-9-21-18-22-10-8-13-26-25(22)24(19-21)30-23-11-15-27(16-12-23)14-6-7-17-31(28,29)20(2)3/h8,10,13,18-20,23H,4-7,9,11-12,14-17H2,1-3H3. The summed E-state index contributed by atoms with van der Waals surface area (Å²) in [7, 11) is -2.92. The molecule has 1 aliphatic rings. The zero-order valence-electron chi connectivity index (χ0n) is 19.3. The Morgan fingerprint density at radius 3 is 2.65 bits per heavy atom. The fraction of sp³-hybridized carbons (Fsp3) is 0.640. The van der Waals surface area contributed by atoms with Crippen LogP contribution in [0.3, 0.4) is 0 Å². The number of hydrogen-bond acceptors (Lipinski definition) is 5. The van der Waals surface area contributed by atoms with Crippen LogP contribution in [0, 0.1) is 0 Å². The molecule has 5 nitrogen and oxygen atoms in total. The van der Waals surface area contributed by atoms with Crippen molar-refractivity contribution in [1.29, 1.82) is 0 Å². The second kappa shape index (κ2) is 11.3. The molecule has 1 aromatic heterocycles. The van der Waals surface area contributed by atoms with Crippen molar-refractivity contribution in [1.82, 2.24) is 9.88 Å². The predicted octanol–water partition coefficient (Wildman–Crippen LogP) is 5.02. The minimum Gasteiger partial charge on any atom is -0.488 e. The van der Waals surface area contributed by atoms with Crippen molar-refractivity contribution < 1.29 is 13.2 Å². The Labute approximate surface area is 188 Å². The molecule has 31 heavy (non-hydrogen) atoms. The normalized spacial score (nSPS) is 16.3. The van der Waals surface area contributed by atoms with Gasteiger partial charge >= 0.3 is 0 Å². The zero-order valence-corrected chi connectivity index (χ0v) is 20.2. The van der Waals surface area contributed by atoms with Gasteiger partial charge in [0, 0.05) is 24.7 Å². The summed E-state index contributed by atoms with van der Waals surface area (Å²) >= 11 is 0. The van der Waals surface area contributed by atoms with Crippen molar-refractivity contribution in [3.63, 3.8) is 0 Å². The molecule has 0 spiro atoms. The van der Waals surface area contributed by atoms with Crippen molar-refractivity contribution in [3.8, 4) is 5.75 Å². The van der Waals surface area contributed by atoms with Crippen LogP contribution < -0.4 is 4.74 Å². The molecule has 172 valence electrons. The molecule has 0 saturated carbocycles. The van der Waals surface area contributed by atoms with Gasteiger partial charge in [0.25, 0.3) is 0 Å². The maximum absolute atomic E-state index is 11.9. The van der Waals surface area contributed by atoms with E-state index in [2.05, 4.69) is 35.0 Å². The molecule has 3 rings (SSSR count). The first-order valence-electron chi connectivity index (χ1n) is 11.9. The summed E-state index contributed by atoms with van der Waals surface area (Å²) in [4.78, 5) is 7.02. The Balaban J connectivity index is 1.51. The van der Waals surface area contributed by atoms with Crippen molar-refractivity contribution in [2.24, 2.45) is 0 Å². The van der Waals surface area contributed by atoms with Gasteiger partial charge in [-0.2, -0.15) is 0 Å². The third-order valence-corrected chi connectivity index (χ3v) is 8.54. The van der Waals surface area contributed by atoms with Crippen LogP contribution in [-0.4, -0.2) is 55.0 Å². The number of fused-ring (bicyclic) bond motifs is 1. The molecule has 1 aliphatic heterocycles. The highest BCUT2D eigenvalue weighted by Gasteiger charge is 2.22. The van der Waals surface area contributed by atoms with Gasteiger partial charge in [-0.25, -0.2) is 8.42 Å². The van der Waals surface area contributed by atoms with Gasteiger partial charge in [-0.15, -0.1) is 0 Å². The molecule has 2 heterocycles. The molecule has 0 aliphatic carbocycles. The molecular weight excluding hydrogens is 408 g/mol. The van der Waals surface area contributed by atoms with Gasteiger partial charge in [-0.3, -0.25) is 4.98 Å². The van der Waals surface area contributed by atoms with Gasteiger partial charge in [0.15, 0.2) is 9.84 Å². The van der Waals surface area contributed by atoms with Gasteiger partial charge in [0.2, 0.25) is 0 Å². The minimum absolute atomic E-state index is 0.212. The number of ether oxygens (including phenoxy) is 1. The van der Waals surface area contributed by atoms with Gasteiger partial charge in [-0.05, 0) is 82.7 Å². The Kier molecular flexibility index (Phi) is 8.73. The van der Waals surface area contributed by atoms with Gasteiger partial charge in [-0.1, -0.05) is 19.4 Å². The summed E-state index contributed by atoms with van der Waals surface area (Å²) in [6, 6.07) is 8.53. The minimum atomic E-state index is -2.92. The van der Waals surface area contributed by atoms with E-state index in [0.717, 1.165) is 68.4 Å². The third-order valence-electron chi connectivity index (χ3n) is 6.25. The lowest BCUT2D eigenvalue weighted by Gasteiger charge is -2.32. The maximum Gasteiger partial charge on any atom is 0.152 e. The molecule has 0 unspecified atom stereocenters. The highest BCUT2D eigenvalue weighted by Crippen LogP contribution is 2.29. The number of rotatable bonds is 11. The number of likely N-dealkylation sites (tertiary alicyclic amines) is 1. The molecule has 0 atom stereocenters. The monoisotopic (exact) mass is 446 g/mol. The molecule has 0 radical (unpaired) electrons. The van der Waals surface area contributed by atoms with Gasteiger partial charge in [0.1, 0.15) is 17.4 Å². The van der Waals surface area contributed by atoms with Crippen LogP contribution in [0.2, 0.25) is 0 Å². The topological polar surface area (TPSA) is 59.5 Å². The van der Waals surface area contributed by atoms with E-state index < -0.39 is 9.84 Å². The van der Waals surface area contributed by atoms with E-state index in [9.17, 15) is 8.42 Å². The number of nitrogens with zero attached hydrogens (tertiary/aromatic N) is 2. The van der Waals surface area contributed by atoms with Crippen LogP contribution in [0.4, 0.5) is 0 Å². The van der Waals surface area contributed by atoms with Crippen LogP contribution in [0.25, 0.3) is 10.9 Å². The molecule has 1 saturated heterocycles. The van der Waals surface area contributed by atoms with E-state index in [0.29, 0.717) is 5.75 Å². The smallest absolute Gasteiger partial charge is 0.152 e. The summed E-state index contributed by atoms with van der Waals surface area (Å²) in [5.41, 5.74) is 2.28. The number of hydrogen-bond donors (Lipinski definition) is 0. The first-order chi connectivity index (χ1) is 14.9. The number of aromatic nitrogens is 1. The maximum atomic E-state index is 11.9. The quantitative estimate of drug-likeness (QED) is 0.453. The Morgan fingerprint density at radius 1 is 1.16 bits per heavy atom. The van der Waals surface area contributed by atoms with E-state index in [-0.39, 0.29) is 11.4 Å². The molecule has 0 amide bonds. The molecule has 1 aromatic carbocycles. The Hall–Kier alpha value is -1.66. The second-order valence-corrected chi connectivity index (χ2v) is 11.7. The van der Waals surface area contributed by atoms with Crippen LogP contribution in [-0.2, 0) is 16.3 Å². The van der Waals surface area contributed by atoms with Gasteiger partial charge < -0.3 is 9.64 Å². The molecule has 6 heteroatoms. The first kappa shape index (κ1) is 24.0. The molecule has 2 aromatic rings. The summed E-state index contributed by atoms with van der Waals surface area (Å²) in [5.74, 6) is 1.22. The fourth-order valence-corrected chi connectivity index (χ4v) is 5.22. The van der Waals surface area contributed by atoms with Crippen LogP contribution in [0.1, 0.15) is 64.9 Å². The van der Waals surface area contributed by atoms with E-state index in [1.54, 1.807) is 13.8 Å². The number of sulfone groups is 1. The van der Waals surface area contributed by atoms with Crippen LogP contribution in [0.15, 0.2) is 30.5 Å². The van der Waals surface area contributed by atoms with Crippen molar-refractivity contribution in [3.05, 3.63) is 36.0 Å². The predicted molar refractivity (Wildman–Crippen MR) is 129 cm³/mol. The average molecular weight is 447 g/mol. The molecule has 0 bridgehead atoms.